The molecule has 1 aliphatic heterocycles. The minimum Gasteiger partial charge on any atom is -0.324 e. The van der Waals surface area contributed by atoms with Crippen molar-refractivity contribution in [3.8, 4) is 5.95 Å². The van der Waals surface area contributed by atoms with Crippen molar-refractivity contribution < 1.29 is 4.92 Å². The fourth-order valence-electron chi connectivity index (χ4n) is 2.39. The van der Waals surface area contributed by atoms with Crippen LogP contribution in [0, 0.1) is 24.0 Å². The normalized spacial score (nSPS) is 14.4. The Bertz CT molecular complexity index is 1080. The van der Waals surface area contributed by atoms with Crippen LogP contribution in [0.3, 0.4) is 0 Å². The largest absolute Gasteiger partial charge is 0.324 e. The minimum atomic E-state index is -0.631. The molecule has 0 N–H and O–H groups in total. The van der Waals surface area contributed by atoms with E-state index in [-0.39, 0.29) is 41.8 Å². The van der Waals surface area contributed by atoms with Crippen molar-refractivity contribution in [3.63, 3.8) is 0 Å². The molecule has 0 amide bonds. The predicted molar refractivity (Wildman–Crippen MR) is 96.7 cm³/mol. The van der Waals surface area contributed by atoms with Crippen LogP contribution < -0.4 is 4.90 Å². The molecule has 148 valence electrons. The highest BCUT2D eigenvalue weighted by Crippen LogP contribution is 2.21. The molecule has 3 aromatic heterocycles. The zero-order valence-corrected chi connectivity index (χ0v) is 16.5. The van der Waals surface area contributed by atoms with Crippen LogP contribution in [-0.4, -0.2) is 74.6 Å². The van der Waals surface area contributed by atoms with E-state index in [0.717, 1.165) is 15.9 Å². The molecule has 1 fully saturated rings. The van der Waals surface area contributed by atoms with E-state index in [9.17, 15) is 10.1 Å². The maximum absolute atomic E-state index is 10.6. The van der Waals surface area contributed by atoms with Gasteiger partial charge in [0.2, 0.25) is 6.04 Å². The summed E-state index contributed by atoms with van der Waals surface area (Å²) in [5.74, 6) is 0.123. The van der Waals surface area contributed by atoms with Gasteiger partial charge in [0.15, 0.2) is 0 Å². The van der Waals surface area contributed by atoms with Crippen molar-refractivity contribution in [2.24, 2.45) is 10.2 Å². The van der Waals surface area contributed by atoms with Crippen molar-refractivity contribution in [2.75, 3.05) is 18.0 Å². The van der Waals surface area contributed by atoms with Crippen molar-refractivity contribution in [3.05, 3.63) is 26.0 Å². The van der Waals surface area contributed by atoms with Crippen molar-refractivity contribution in [2.45, 2.75) is 19.9 Å². The van der Waals surface area contributed by atoms with Crippen molar-refractivity contribution >= 4 is 33.8 Å². The molecule has 0 atom stereocenters. The summed E-state index contributed by atoms with van der Waals surface area (Å²) >= 11 is 3.42. The Kier molecular flexibility index (Phi) is 4.79. The van der Waals surface area contributed by atoms with E-state index in [1.54, 1.807) is 4.90 Å². The fourth-order valence-corrected chi connectivity index (χ4v) is 2.64. The highest BCUT2D eigenvalue weighted by molar-refractivity contribution is 9.10. The Hall–Kier alpha value is -3.63. The fraction of sp³-hybridized carbons (Fsp3) is 0.417. The van der Waals surface area contributed by atoms with Gasteiger partial charge in [0.25, 0.3) is 11.9 Å². The number of hydrogen-bond acceptors (Lipinski definition) is 14. The van der Waals surface area contributed by atoms with Gasteiger partial charge in [0, 0.05) is 4.92 Å². The summed E-state index contributed by atoms with van der Waals surface area (Å²) in [4.78, 5) is 11.9. The van der Waals surface area contributed by atoms with Gasteiger partial charge in [-0.3, -0.25) is 10.1 Å². The van der Waals surface area contributed by atoms with E-state index in [0.29, 0.717) is 0 Å². The van der Waals surface area contributed by atoms with Crippen molar-refractivity contribution in [1.82, 2.24) is 50.6 Å². The third-order valence-corrected chi connectivity index (χ3v) is 5.13. The van der Waals surface area contributed by atoms with Gasteiger partial charge in [0.05, 0.1) is 29.0 Å². The molecule has 0 saturated carbocycles. The Labute approximate surface area is 169 Å². The van der Waals surface area contributed by atoms with Crippen LogP contribution in [0.25, 0.3) is 5.95 Å². The Morgan fingerprint density at radius 1 is 0.966 bits per heavy atom. The number of hydrogen-bond donors (Lipinski definition) is 0. The number of halogens is 1. The lowest BCUT2D eigenvalue weighted by Crippen LogP contribution is -2.55. The van der Waals surface area contributed by atoms with Crippen LogP contribution in [0.1, 0.15) is 11.4 Å². The van der Waals surface area contributed by atoms with Gasteiger partial charge in [0.1, 0.15) is 0 Å². The molecule has 4 heterocycles. The third-order valence-electron chi connectivity index (χ3n) is 3.98. The second kappa shape index (κ2) is 7.41. The molecule has 1 aliphatic rings. The molecule has 0 aromatic carbocycles. The average molecular weight is 463 g/mol. The molecule has 0 spiro atoms. The number of nitrogens with zero attached hydrogens (tertiary/aromatic N) is 14. The Balaban J connectivity index is 1.41. The van der Waals surface area contributed by atoms with E-state index in [4.69, 9.17) is 0 Å². The van der Waals surface area contributed by atoms with Gasteiger partial charge < -0.3 is 4.90 Å². The molecule has 0 radical (unpaired) electrons. The summed E-state index contributed by atoms with van der Waals surface area (Å²) in [6.45, 7) is 4.11. The maximum atomic E-state index is 10.6. The van der Waals surface area contributed by atoms with Gasteiger partial charge in [-0.05, 0) is 29.8 Å². The van der Waals surface area contributed by atoms with Gasteiger partial charge in [-0.1, -0.05) is 0 Å². The molecule has 17 heteroatoms. The zero-order chi connectivity index (χ0) is 20.5. The first-order valence-electron chi connectivity index (χ1n) is 8.09. The SMILES string of the molecule is Cc1nn(-c2nnc(N=Nc3nnc(N4CC([N+](=O)[O-])C4)nn3)nn2)c(C)c1Br. The third kappa shape index (κ3) is 3.71. The number of azo groups is 1. The lowest BCUT2D eigenvalue weighted by atomic mass is 10.1. The summed E-state index contributed by atoms with van der Waals surface area (Å²) in [6.07, 6.45) is 0. The van der Waals surface area contributed by atoms with E-state index >= 15 is 0 Å². The number of aromatic nitrogens is 10. The monoisotopic (exact) mass is 462 g/mol. The zero-order valence-electron chi connectivity index (χ0n) is 14.9. The first kappa shape index (κ1) is 18.7. The second-order valence-electron chi connectivity index (χ2n) is 5.94. The predicted octanol–water partition coefficient (Wildman–Crippen LogP) is 0.292. The standard InChI is InChI=1S/C12H11BrN14O2/c1-5-8(13)6(2)26(24-5)12-22-18-10(19-23-12)15-14-9-16-20-11(21-17-9)25-3-7(4-25)27(28)29/h7H,3-4H2,1-2H3. The Morgan fingerprint density at radius 2 is 1.48 bits per heavy atom. The van der Waals surface area contributed by atoms with Crippen LogP contribution in [0.2, 0.25) is 0 Å². The highest BCUT2D eigenvalue weighted by atomic mass is 79.9. The lowest BCUT2D eigenvalue weighted by Gasteiger charge is -2.32. The topological polar surface area (TPSA) is 192 Å². The van der Waals surface area contributed by atoms with Gasteiger partial charge in [-0.25, -0.2) is 0 Å². The summed E-state index contributed by atoms with van der Waals surface area (Å²) in [5, 5.41) is 53.0. The number of anilines is 1. The molecule has 3 aromatic rings. The molecule has 0 aliphatic carbocycles. The quantitative estimate of drug-likeness (QED) is 0.286. The van der Waals surface area contributed by atoms with Crippen LogP contribution in [0.5, 0.6) is 0 Å². The van der Waals surface area contributed by atoms with Crippen molar-refractivity contribution in [1.29, 1.82) is 0 Å². The highest BCUT2D eigenvalue weighted by Gasteiger charge is 2.38. The first-order chi connectivity index (χ1) is 13.9. The molecular formula is C12H11BrN14O2. The molecular weight excluding hydrogens is 452 g/mol. The lowest BCUT2D eigenvalue weighted by molar-refractivity contribution is -0.525. The Morgan fingerprint density at radius 3 is 1.93 bits per heavy atom. The van der Waals surface area contributed by atoms with E-state index in [1.807, 2.05) is 13.8 Å². The summed E-state index contributed by atoms with van der Waals surface area (Å²) in [7, 11) is 0. The molecule has 0 bridgehead atoms. The first-order valence-corrected chi connectivity index (χ1v) is 8.88. The molecule has 16 nitrogen and oxygen atoms in total. The second-order valence-corrected chi connectivity index (χ2v) is 6.73. The van der Waals surface area contributed by atoms with Gasteiger partial charge >= 0.3 is 11.9 Å². The van der Waals surface area contributed by atoms with Gasteiger partial charge in [-0.2, -0.15) is 9.78 Å². The minimum absolute atomic E-state index is 0.112. The summed E-state index contributed by atoms with van der Waals surface area (Å²) in [5.41, 5.74) is 1.58. The smallest absolute Gasteiger partial charge is 0.306 e. The van der Waals surface area contributed by atoms with Crippen LogP contribution in [0.4, 0.5) is 17.8 Å². The van der Waals surface area contributed by atoms with Crippen LogP contribution in [-0.2, 0) is 0 Å². The van der Waals surface area contributed by atoms with Gasteiger partial charge in [-0.15, -0.1) is 51.0 Å². The molecule has 4 rings (SSSR count). The molecule has 0 unspecified atom stereocenters. The van der Waals surface area contributed by atoms with E-state index in [2.05, 4.69) is 72.0 Å². The van der Waals surface area contributed by atoms with Crippen LogP contribution >= 0.6 is 15.9 Å². The van der Waals surface area contributed by atoms with Crippen LogP contribution in [0.15, 0.2) is 14.7 Å². The maximum Gasteiger partial charge on any atom is 0.306 e. The van der Waals surface area contributed by atoms with E-state index in [1.165, 1.54) is 4.68 Å². The van der Waals surface area contributed by atoms with E-state index < -0.39 is 6.04 Å². The number of aryl methyl sites for hydroxylation is 1. The summed E-state index contributed by atoms with van der Waals surface area (Å²) < 4.78 is 2.34. The number of nitro groups is 1. The summed E-state index contributed by atoms with van der Waals surface area (Å²) in [6, 6.07) is -0.631. The average Bonchev–Trinajstić information content (AvgIpc) is 2.94. The number of rotatable bonds is 5. The molecule has 1 saturated heterocycles. The molecule has 29 heavy (non-hydrogen) atoms.